The number of nitrogens with zero attached hydrogens (tertiary/aromatic N) is 2. The van der Waals surface area contributed by atoms with E-state index in [1.165, 1.54) is 24.8 Å². The summed E-state index contributed by atoms with van der Waals surface area (Å²) in [5.74, 6) is 1.95. The van der Waals surface area contributed by atoms with Crippen LogP contribution in [0.2, 0.25) is 0 Å². The zero-order valence-electron chi connectivity index (χ0n) is 26.7. The van der Waals surface area contributed by atoms with Crippen LogP contribution in [0.3, 0.4) is 0 Å². The molecule has 240 valence electrons. The first-order valence-electron chi connectivity index (χ1n) is 17.1. The molecule has 3 heterocycles. The predicted octanol–water partition coefficient (Wildman–Crippen LogP) is 5.59. The maximum atomic E-state index is 13.5. The van der Waals surface area contributed by atoms with Crippen molar-refractivity contribution in [3.05, 3.63) is 53.6 Å². The van der Waals surface area contributed by atoms with Gasteiger partial charge in [0.2, 0.25) is 5.91 Å². The molecule has 5 rings (SSSR count). The first kappa shape index (κ1) is 32.1. The van der Waals surface area contributed by atoms with Gasteiger partial charge in [0, 0.05) is 31.7 Å². The van der Waals surface area contributed by atoms with E-state index in [0.717, 1.165) is 101 Å². The second-order valence-corrected chi connectivity index (χ2v) is 12.7. The summed E-state index contributed by atoms with van der Waals surface area (Å²) in [5, 5.41) is 6.34. The van der Waals surface area contributed by atoms with Crippen LogP contribution in [0, 0.1) is 5.41 Å². The summed E-state index contributed by atoms with van der Waals surface area (Å²) in [6, 6.07) is 14.1. The highest BCUT2D eigenvalue weighted by Gasteiger charge is 2.40. The van der Waals surface area contributed by atoms with Crippen LogP contribution < -0.4 is 25.0 Å². The molecule has 0 unspecified atom stereocenters. The lowest BCUT2D eigenvalue weighted by Crippen LogP contribution is -2.50. The second-order valence-electron chi connectivity index (χ2n) is 12.7. The highest BCUT2D eigenvalue weighted by atomic mass is 16.5. The lowest BCUT2D eigenvalue weighted by molar-refractivity contribution is -0.134. The number of anilines is 1. The van der Waals surface area contributed by atoms with E-state index < -0.39 is 0 Å². The van der Waals surface area contributed by atoms with Crippen LogP contribution in [0.1, 0.15) is 87.1 Å². The fourth-order valence-electron chi connectivity index (χ4n) is 6.92. The van der Waals surface area contributed by atoms with Gasteiger partial charge in [0.1, 0.15) is 18.1 Å². The van der Waals surface area contributed by atoms with Crippen LogP contribution in [0.5, 0.6) is 11.5 Å². The van der Waals surface area contributed by atoms with Crippen LogP contribution >= 0.6 is 0 Å². The Bertz CT molecular complexity index is 1220. The Kier molecular flexibility index (Phi) is 11.8. The minimum atomic E-state index is -0.312. The molecule has 8 heteroatoms. The zero-order chi connectivity index (χ0) is 30.6. The Hall–Kier alpha value is -3.26. The average molecular weight is 605 g/mol. The third-order valence-corrected chi connectivity index (χ3v) is 9.61. The minimum Gasteiger partial charge on any atom is -0.491 e. The SMILES string of the molecule is CCCOc1ccc(C(=O)NCCN2CCC3(CCCCCc4ccccc4OCCNC3=O)CC2)cc1N1CCCCC1. The van der Waals surface area contributed by atoms with Gasteiger partial charge in [-0.05, 0) is 101 Å². The number of ether oxygens (including phenoxy) is 2. The Morgan fingerprint density at radius 3 is 2.59 bits per heavy atom. The number of hydrogen-bond donors (Lipinski definition) is 2. The maximum absolute atomic E-state index is 13.5. The highest BCUT2D eigenvalue weighted by molar-refractivity contribution is 5.95. The number of para-hydroxylation sites is 1. The summed E-state index contributed by atoms with van der Waals surface area (Å²) in [4.78, 5) is 31.4. The Labute approximate surface area is 263 Å². The quantitative estimate of drug-likeness (QED) is 0.409. The zero-order valence-corrected chi connectivity index (χ0v) is 26.7. The van der Waals surface area contributed by atoms with Gasteiger partial charge in [-0.2, -0.15) is 0 Å². The van der Waals surface area contributed by atoms with Crippen molar-refractivity contribution in [3.8, 4) is 11.5 Å². The molecule has 0 bridgehead atoms. The number of carbonyl (C=O) groups excluding carboxylic acids is 2. The van der Waals surface area contributed by atoms with Crippen LogP contribution in [-0.4, -0.2) is 75.7 Å². The third-order valence-electron chi connectivity index (χ3n) is 9.61. The van der Waals surface area contributed by atoms with Gasteiger partial charge in [0.15, 0.2) is 0 Å². The number of piperidine rings is 2. The number of hydrogen-bond acceptors (Lipinski definition) is 6. The molecular weight excluding hydrogens is 552 g/mol. The molecule has 0 aromatic heterocycles. The van der Waals surface area contributed by atoms with Crippen molar-refractivity contribution in [2.75, 3.05) is 63.9 Å². The molecule has 44 heavy (non-hydrogen) atoms. The highest BCUT2D eigenvalue weighted by Crippen LogP contribution is 2.38. The molecular formula is C36H52N4O4. The van der Waals surface area contributed by atoms with Crippen LogP contribution in [0.4, 0.5) is 5.69 Å². The number of aryl methyl sites for hydroxylation is 1. The molecule has 1 spiro atoms. The van der Waals surface area contributed by atoms with Gasteiger partial charge >= 0.3 is 0 Å². The van der Waals surface area contributed by atoms with Gasteiger partial charge in [-0.15, -0.1) is 0 Å². The van der Waals surface area contributed by atoms with Crippen molar-refractivity contribution in [1.82, 2.24) is 15.5 Å². The number of nitrogens with one attached hydrogen (secondary N) is 2. The molecule has 2 fully saturated rings. The monoisotopic (exact) mass is 604 g/mol. The molecule has 2 saturated heterocycles. The summed E-state index contributed by atoms with van der Waals surface area (Å²) in [7, 11) is 0. The van der Waals surface area contributed by atoms with Gasteiger partial charge in [0.25, 0.3) is 5.91 Å². The van der Waals surface area contributed by atoms with Crippen molar-refractivity contribution >= 4 is 17.5 Å². The van der Waals surface area contributed by atoms with Crippen molar-refractivity contribution in [1.29, 1.82) is 0 Å². The van der Waals surface area contributed by atoms with Gasteiger partial charge in [-0.1, -0.05) is 38.0 Å². The van der Waals surface area contributed by atoms with E-state index in [0.29, 0.717) is 31.9 Å². The first-order chi connectivity index (χ1) is 21.6. The molecule has 3 aliphatic heterocycles. The molecule has 0 saturated carbocycles. The average Bonchev–Trinajstić information content (AvgIpc) is 3.07. The summed E-state index contributed by atoms with van der Waals surface area (Å²) in [6.07, 6.45) is 11.5. The van der Waals surface area contributed by atoms with Crippen LogP contribution in [-0.2, 0) is 11.2 Å². The summed E-state index contributed by atoms with van der Waals surface area (Å²) >= 11 is 0. The number of likely N-dealkylation sites (tertiary alicyclic amines) is 1. The minimum absolute atomic E-state index is 0.0437. The van der Waals surface area contributed by atoms with E-state index >= 15 is 0 Å². The fraction of sp³-hybridized carbons (Fsp3) is 0.611. The van der Waals surface area contributed by atoms with E-state index in [-0.39, 0.29) is 17.2 Å². The molecule has 8 nitrogen and oxygen atoms in total. The Morgan fingerprint density at radius 2 is 1.77 bits per heavy atom. The smallest absolute Gasteiger partial charge is 0.251 e. The topological polar surface area (TPSA) is 83.1 Å². The van der Waals surface area contributed by atoms with E-state index in [2.05, 4.69) is 39.5 Å². The van der Waals surface area contributed by atoms with Gasteiger partial charge in [0.05, 0.1) is 24.3 Å². The van der Waals surface area contributed by atoms with Gasteiger partial charge in [-0.3, -0.25) is 9.59 Å². The maximum Gasteiger partial charge on any atom is 0.251 e. The van der Waals surface area contributed by atoms with E-state index in [9.17, 15) is 9.59 Å². The standard InChI is InChI=1S/C36H52N4O4/c1-2-26-43-33-15-14-30(28-31(33)40-21-9-4-10-22-40)34(41)37-19-25-39-23-17-36(18-24-39)16-8-3-5-11-29-12-6-7-13-32(29)44-27-20-38-35(36)42/h6-7,12-15,28H,2-5,8-11,16-27H2,1H3,(H,37,41)(H,38,42). The van der Waals surface area contributed by atoms with Crippen molar-refractivity contribution in [3.63, 3.8) is 0 Å². The van der Waals surface area contributed by atoms with E-state index in [4.69, 9.17) is 9.47 Å². The first-order valence-corrected chi connectivity index (χ1v) is 17.1. The molecule has 2 aromatic carbocycles. The second kappa shape index (κ2) is 16.2. The summed E-state index contributed by atoms with van der Waals surface area (Å²) in [5.41, 5.74) is 2.66. The largest absolute Gasteiger partial charge is 0.491 e. The van der Waals surface area contributed by atoms with Gasteiger partial charge in [-0.25, -0.2) is 0 Å². The molecule has 2 aromatic rings. The van der Waals surface area contributed by atoms with Crippen molar-refractivity contribution < 1.29 is 19.1 Å². The molecule has 0 radical (unpaired) electrons. The van der Waals surface area contributed by atoms with Crippen molar-refractivity contribution in [2.45, 2.75) is 77.6 Å². The van der Waals surface area contributed by atoms with Crippen molar-refractivity contribution in [2.24, 2.45) is 5.41 Å². The predicted molar refractivity (Wildman–Crippen MR) is 176 cm³/mol. The van der Waals surface area contributed by atoms with Crippen LogP contribution in [0.15, 0.2) is 42.5 Å². The molecule has 2 N–H and O–H groups in total. The normalized spacial score (nSPS) is 19.8. The summed E-state index contributed by atoms with van der Waals surface area (Å²) < 4.78 is 12.1. The fourth-order valence-corrected chi connectivity index (χ4v) is 6.92. The van der Waals surface area contributed by atoms with Crippen LogP contribution in [0.25, 0.3) is 0 Å². The van der Waals surface area contributed by atoms with E-state index in [1.807, 2.05) is 30.3 Å². The molecule has 0 atom stereocenters. The molecule has 0 aliphatic carbocycles. The number of fused-ring (bicyclic) bond motifs is 1. The van der Waals surface area contributed by atoms with Gasteiger partial charge < -0.3 is 29.9 Å². The summed E-state index contributed by atoms with van der Waals surface area (Å²) in [6.45, 7) is 8.91. The lowest BCUT2D eigenvalue weighted by Gasteiger charge is -2.41. The lowest BCUT2D eigenvalue weighted by atomic mass is 9.73. The number of carbonyl (C=O) groups is 2. The Morgan fingerprint density at radius 1 is 0.977 bits per heavy atom. The third kappa shape index (κ3) is 8.46. The Balaban J connectivity index is 1.11. The molecule has 2 amide bonds. The number of rotatable bonds is 8. The molecule has 3 aliphatic rings. The number of amides is 2. The van der Waals surface area contributed by atoms with E-state index in [1.54, 1.807) is 0 Å². The number of benzene rings is 2.